The average molecular weight is 310 g/mol. The predicted octanol–water partition coefficient (Wildman–Crippen LogP) is 5.44. The molecular formula is C18H18N2OS. The van der Waals surface area contributed by atoms with Crippen LogP contribution in [0, 0.1) is 0 Å². The number of anilines is 1. The van der Waals surface area contributed by atoms with Gasteiger partial charge in [-0.05, 0) is 37.1 Å². The van der Waals surface area contributed by atoms with E-state index in [4.69, 9.17) is 4.74 Å². The van der Waals surface area contributed by atoms with Crippen molar-refractivity contribution < 1.29 is 4.74 Å². The highest BCUT2D eigenvalue weighted by Gasteiger charge is 2.16. The highest BCUT2D eigenvalue weighted by atomic mass is 32.1. The van der Waals surface area contributed by atoms with Gasteiger partial charge in [0, 0.05) is 12.1 Å². The fourth-order valence-electron chi connectivity index (χ4n) is 2.90. The molecule has 0 spiro atoms. The number of thiazole rings is 1. The molecule has 0 atom stereocenters. The lowest BCUT2D eigenvalue weighted by molar-refractivity contribution is 0.483. The fraction of sp³-hybridized carbons (Fsp3) is 0.278. The van der Waals surface area contributed by atoms with E-state index < -0.39 is 0 Å². The van der Waals surface area contributed by atoms with Crippen LogP contribution >= 0.6 is 11.3 Å². The number of fused-ring (bicyclic) bond motifs is 1. The first kappa shape index (κ1) is 13.6. The Morgan fingerprint density at radius 1 is 1.00 bits per heavy atom. The summed E-state index contributed by atoms with van der Waals surface area (Å²) < 4.78 is 7.05. The molecule has 0 bridgehead atoms. The van der Waals surface area contributed by atoms with Crippen molar-refractivity contribution in [3.8, 4) is 11.5 Å². The summed E-state index contributed by atoms with van der Waals surface area (Å²) >= 11 is 1.71. The average Bonchev–Trinajstić information content (AvgIpc) is 3.17. The van der Waals surface area contributed by atoms with Gasteiger partial charge in [-0.2, -0.15) is 0 Å². The number of aromatic nitrogens is 1. The Kier molecular flexibility index (Phi) is 3.69. The van der Waals surface area contributed by atoms with Crippen molar-refractivity contribution in [1.82, 2.24) is 4.98 Å². The normalized spacial score (nSPS) is 15.3. The van der Waals surface area contributed by atoms with Crippen LogP contribution in [0.2, 0.25) is 0 Å². The Hall–Kier alpha value is -2.07. The van der Waals surface area contributed by atoms with Crippen LogP contribution < -0.4 is 10.1 Å². The number of nitrogens with zero attached hydrogens (tertiary/aromatic N) is 1. The highest BCUT2D eigenvalue weighted by molar-refractivity contribution is 7.22. The molecule has 1 saturated carbocycles. The number of hydrogen-bond acceptors (Lipinski definition) is 4. The minimum atomic E-state index is 0.598. The largest absolute Gasteiger partial charge is 0.457 e. The second kappa shape index (κ2) is 5.97. The summed E-state index contributed by atoms with van der Waals surface area (Å²) in [4.78, 5) is 4.68. The van der Waals surface area contributed by atoms with Gasteiger partial charge in [0.25, 0.3) is 0 Å². The molecule has 1 fully saturated rings. The summed E-state index contributed by atoms with van der Waals surface area (Å²) in [7, 11) is 0. The number of para-hydroxylation sites is 1. The first-order chi connectivity index (χ1) is 10.9. The summed E-state index contributed by atoms with van der Waals surface area (Å²) in [5.41, 5.74) is 1.03. The lowest BCUT2D eigenvalue weighted by Gasteiger charge is -2.09. The van der Waals surface area contributed by atoms with Crippen molar-refractivity contribution in [2.45, 2.75) is 31.7 Å². The Bertz CT molecular complexity index is 763. The molecule has 1 N–H and O–H groups in total. The molecule has 1 aliphatic carbocycles. The lowest BCUT2D eigenvalue weighted by atomic mass is 10.3. The van der Waals surface area contributed by atoms with E-state index in [-0.39, 0.29) is 0 Å². The predicted molar refractivity (Wildman–Crippen MR) is 92.0 cm³/mol. The smallest absolute Gasteiger partial charge is 0.184 e. The van der Waals surface area contributed by atoms with Crippen molar-refractivity contribution in [3.63, 3.8) is 0 Å². The van der Waals surface area contributed by atoms with Gasteiger partial charge in [-0.1, -0.05) is 42.4 Å². The van der Waals surface area contributed by atoms with Crippen LogP contribution in [0.15, 0.2) is 48.5 Å². The maximum absolute atomic E-state index is 5.89. The maximum Gasteiger partial charge on any atom is 0.184 e. The van der Waals surface area contributed by atoms with Crippen molar-refractivity contribution in [1.29, 1.82) is 0 Å². The topological polar surface area (TPSA) is 34.1 Å². The van der Waals surface area contributed by atoms with Crippen molar-refractivity contribution >= 4 is 26.7 Å². The summed E-state index contributed by atoms with van der Waals surface area (Å²) in [6.07, 6.45) is 5.19. The van der Waals surface area contributed by atoms with Crippen LogP contribution in [0.3, 0.4) is 0 Å². The number of ether oxygens (including phenoxy) is 1. The highest BCUT2D eigenvalue weighted by Crippen LogP contribution is 2.32. The Morgan fingerprint density at radius 3 is 2.64 bits per heavy atom. The fourth-order valence-corrected chi connectivity index (χ4v) is 3.87. The van der Waals surface area contributed by atoms with Gasteiger partial charge in [0.15, 0.2) is 5.13 Å². The van der Waals surface area contributed by atoms with Crippen LogP contribution in [0.25, 0.3) is 10.2 Å². The molecule has 1 heterocycles. The molecule has 22 heavy (non-hydrogen) atoms. The van der Waals surface area contributed by atoms with E-state index in [9.17, 15) is 0 Å². The second-order valence-electron chi connectivity index (χ2n) is 5.69. The van der Waals surface area contributed by atoms with E-state index in [2.05, 4.69) is 16.4 Å². The molecule has 3 nitrogen and oxygen atoms in total. The van der Waals surface area contributed by atoms with Crippen LogP contribution in [-0.4, -0.2) is 11.0 Å². The van der Waals surface area contributed by atoms with Crippen molar-refractivity contribution in [2.24, 2.45) is 0 Å². The Morgan fingerprint density at radius 2 is 1.82 bits per heavy atom. The number of nitrogens with one attached hydrogen (secondary N) is 1. The molecule has 4 heteroatoms. The van der Waals surface area contributed by atoms with E-state index in [1.807, 2.05) is 42.5 Å². The minimum absolute atomic E-state index is 0.598. The Balaban J connectivity index is 1.55. The molecular weight excluding hydrogens is 292 g/mol. The zero-order chi connectivity index (χ0) is 14.8. The maximum atomic E-state index is 5.89. The first-order valence-corrected chi connectivity index (χ1v) is 8.58. The van der Waals surface area contributed by atoms with Crippen LogP contribution in [0.4, 0.5) is 5.13 Å². The quantitative estimate of drug-likeness (QED) is 0.696. The van der Waals surface area contributed by atoms with Gasteiger partial charge >= 0.3 is 0 Å². The number of hydrogen-bond donors (Lipinski definition) is 1. The standard InChI is InChI=1S/C18H18N2OS/c1-2-8-14(9-3-1)21-15-10-11-16-17(12-15)22-18(20-16)19-13-6-4-5-7-13/h1-3,8-13H,4-7H2,(H,19,20). The van der Waals surface area contributed by atoms with E-state index in [0.29, 0.717) is 6.04 Å². The van der Waals surface area contributed by atoms with Crippen molar-refractivity contribution in [3.05, 3.63) is 48.5 Å². The summed E-state index contributed by atoms with van der Waals surface area (Å²) in [6, 6.07) is 16.5. The van der Waals surface area contributed by atoms with Gasteiger partial charge in [-0.15, -0.1) is 0 Å². The summed E-state index contributed by atoms with van der Waals surface area (Å²) in [6.45, 7) is 0. The molecule has 0 saturated heterocycles. The molecule has 1 aromatic heterocycles. The molecule has 3 aromatic rings. The minimum Gasteiger partial charge on any atom is -0.457 e. The molecule has 0 aliphatic heterocycles. The zero-order valence-electron chi connectivity index (χ0n) is 12.3. The van der Waals surface area contributed by atoms with E-state index in [0.717, 1.165) is 26.8 Å². The van der Waals surface area contributed by atoms with Crippen molar-refractivity contribution in [2.75, 3.05) is 5.32 Å². The molecule has 0 radical (unpaired) electrons. The second-order valence-corrected chi connectivity index (χ2v) is 6.72. The van der Waals surface area contributed by atoms with Crippen LogP contribution in [0.5, 0.6) is 11.5 Å². The van der Waals surface area contributed by atoms with Crippen LogP contribution in [0.1, 0.15) is 25.7 Å². The van der Waals surface area contributed by atoms with E-state index in [1.165, 1.54) is 25.7 Å². The molecule has 112 valence electrons. The third-order valence-corrected chi connectivity index (χ3v) is 4.97. The van der Waals surface area contributed by atoms with Gasteiger partial charge in [0.2, 0.25) is 0 Å². The SMILES string of the molecule is c1ccc(Oc2ccc3nc(NC4CCCC4)sc3c2)cc1. The molecule has 0 unspecified atom stereocenters. The van der Waals surface area contributed by atoms with Gasteiger partial charge < -0.3 is 10.1 Å². The van der Waals surface area contributed by atoms with Gasteiger partial charge in [0.1, 0.15) is 11.5 Å². The van der Waals surface area contributed by atoms with Gasteiger partial charge in [0.05, 0.1) is 10.2 Å². The number of rotatable bonds is 4. The van der Waals surface area contributed by atoms with E-state index in [1.54, 1.807) is 11.3 Å². The van der Waals surface area contributed by atoms with Crippen LogP contribution in [-0.2, 0) is 0 Å². The number of benzene rings is 2. The van der Waals surface area contributed by atoms with Gasteiger partial charge in [-0.25, -0.2) is 4.98 Å². The third kappa shape index (κ3) is 2.92. The lowest BCUT2D eigenvalue weighted by Crippen LogP contribution is -2.13. The van der Waals surface area contributed by atoms with E-state index >= 15 is 0 Å². The monoisotopic (exact) mass is 310 g/mol. The zero-order valence-corrected chi connectivity index (χ0v) is 13.1. The summed E-state index contributed by atoms with van der Waals surface area (Å²) in [5, 5.41) is 4.59. The molecule has 2 aromatic carbocycles. The van der Waals surface area contributed by atoms with Gasteiger partial charge in [-0.3, -0.25) is 0 Å². The molecule has 1 aliphatic rings. The Labute approximate surface area is 134 Å². The third-order valence-electron chi connectivity index (χ3n) is 4.02. The summed E-state index contributed by atoms with van der Waals surface area (Å²) in [5.74, 6) is 1.71. The first-order valence-electron chi connectivity index (χ1n) is 7.77. The molecule has 0 amide bonds. The molecule has 4 rings (SSSR count).